The molecule has 1 aromatic carbocycles. The monoisotopic (exact) mass is 255 g/mol. The van der Waals surface area contributed by atoms with E-state index in [0.29, 0.717) is 6.42 Å². The highest BCUT2D eigenvalue weighted by Crippen LogP contribution is 2.29. The standard InChI is InChI=1S/C16H17NO2/c18-15(5-3-12-2-1-8-17-11-12)13-4-6-16-14(10-13)7-9-19-16/h1-2,4,6,8,10-11,15,18H,3,5,7,9H2. The van der Waals surface area contributed by atoms with Crippen molar-refractivity contribution in [2.24, 2.45) is 0 Å². The van der Waals surface area contributed by atoms with Crippen LogP contribution in [-0.4, -0.2) is 16.7 Å². The van der Waals surface area contributed by atoms with Gasteiger partial charge in [-0.15, -0.1) is 0 Å². The van der Waals surface area contributed by atoms with Crippen LogP contribution in [0.1, 0.15) is 29.2 Å². The first-order chi connectivity index (χ1) is 9.33. The van der Waals surface area contributed by atoms with E-state index in [4.69, 9.17) is 4.74 Å². The number of hydrogen-bond acceptors (Lipinski definition) is 3. The Morgan fingerprint density at radius 3 is 3.11 bits per heavy atom. The van der Waals surface area contributed by atoms with Crippen LogP contribution < -0.4 is 4.74 Å². The number of hydrogen-bond donors (Lipinski definition) is 1. The molecule has 0 bridgehead atoms. The Morgan fingerprint density at radius 1 is 1.32 bits per heavy atom. The van der Waals surface area contributed by atoms with Crippen LogP contribution in [-0.2, 0) is 12.8 Å². The van der Waals surface area contributed by atoms with Crippen LogP contribution in [0.2, 0.25) is 0 Å². The molecule has 3 nitrogen and oxygen atoms in total. The second kappa shape index (κ2) is 5.41. The minimum Gasteiger partial charge on any atom is -0.493 e. The Morgan fingerprint density at radius 2 is 2.26 bits per heavy atom. The van der Waals surface area contributed by atoms with E-state index in [1.807, 2.05) is 30.5 Å². The molecule has 1 aliphatic heterocycles. The molecule has 2 aromatic rings. The summed E-state index contributed by atoms with van der Waals surface area (Å²) in [6, 6.07) is 9.95. The Hall–Kier alpha value is -1.87. The zero-order valence-corrected chi connectivity index (χ0v) is 10.7. The van der Waals surface area contributed by atoms with Gasteiger partial charge in [-0.25, -0.2) is 0 Å². The summed E-state index contributed by atoms with van der Waals surface area (Å²) in [5, 5.41) is 10.3. The molecule has 1 unspecified atom stereocenters. The average Bonchev–Trinajstić information content (AvgIpc) is 2.93. The van der Waals surface area contributed by atoms with Crippen molar-refractivity contribution in [3.8, 4) is 5.75 Å². The van der Waals surface area contributed by atoms with Crippen molar-refractivity contribution in [2.75, 3.05) is 6.61 Å². The first kappa shape index (κ1) is 12.2. The van der Waals surface area contributed by atoms with Gasteiger partial charge >= 0.3 is 0 Å². The van der Waals surface area contributed by atoms with E-state index in [2.05, 4.69) is 11.1 Å². The van der Waals surface area contributed by atoms with Gasteiger partial charge in [0.05, 0.1) is 12.7 Å². The molecule has 3 heteroatoms. The summed E-state index contributed by atoms with van der Waals surface area (Å²) in [4.78, 5) is 4.08. The molecule has 98 valence electrons. The van der Waals surface area contributed by atoms with Gasteiger partial charge in [0.1, 0.15) is 5.75 Å². The number of aromatic nitrogens is 1. The summed E-state index contributed by atoms with van der Waals surface area (Å²) >= 11 is 0. The highest BCUT2D eigenvalue weighted by molar-refractivity contribution is 5.40. The summed E-state index contributed by atoms with van der Waals surface area (Å²) in [6.07, 6.45) is 5.68. The minimum atomic E-state index is -0.425. The third kappa shape index (κ3) is 2.76. The Bertz CT molecular complexity index is 554. The van der Waals surface area contributed by atoms with Gasteiger partial charge in [0.25, 0.3) is 0 Å². The molecule has 19 heavy (non-hydrogen) atoms. The third-order valence-electron chi connectivity index (χ3n) is 3.53. The first-order valence-corrected chi connectivity index (χ1v) is 6.65. The van der Waals surface area contributed by atoms with Gasteiger partial charge in [-0.1, -0.05) is 12.1 Å². The number of nitrogens with zero attached hydrogens (tertiary/aromatic N) is 1. The maximum absolute atomic E-state index is 10.3. The fourth-order valence-corrected chi connectivity index (χ4v) is 2.43. The number of fused-ring (bicyclic) bond motifs is 1. The molecule has 0 radical (unpaired) electrons. The van der Waals surface area contributed by atoms with Crippen molar-refractivity contribution in [1.29, 1.82) is 0 Å². The summed E-state index contributed by atoms with van der Waals surface area (Å²) in [5.41, 5.74) is 3.34. The number of aliphatic hydroxyl groups excluding tert-OH is 1. The van der Waals surface area contributed by atoms with Gasteiger partial charge in [-0.05, 0) is 47.7 Å². The Labute approximate surface area is 112 Å². The molecule has 0 spiro atoms. The van der Waals surface area contributed by atoms with E-state index in [1.54, 1.807) is 6.20 Å². The van der Waals surface area contributed by atoms with Crippen LogP contribution in [0, 0.1) is 0 Å². The lowest BCUT2D eigenvalue weighted by Gasteiger charge is -2.12. The molecule has 1 N–H and O–H groups in total. The Balaban J connectivity index is 1.65. The van der Waals surface area contributed by atoms with E-state index in [0.717, 1.165) is 36.3 Å². The molecule has 0 saturated carbocycles. The summed E-state index contributed by atoms with van der Waals surface area (Å²) in [7, 11) is 0. The van der Waals surface area contributed by atoms with E-state index >= 15 is 0 Å². The van der Waals surface area contributed by atoms with Crippen molar-refractivity contribution in [1.82, 2.24) is 4.98 Å². The van der Waals surface area contributed by atoms with Crippen LogP contribution in [0.3, 0.4) is 0 Å². The number of ether oxygens (including phenoxy) is 1. The highest BCUT2D eigenvalue weighted by Gasteiger charge is 2.15. The molecule has 1 atom stereocenters. The van der Waals surface area contributed by atoms with Crippen molar-refractivity contribution in [3.63, 3.8) is 0 Å². The number of aryl methyl sites for hydroxylation is 1. The largest absolute Gasteiger partial charge is 0.493 e. The SMILES string of the molecule is OC(CCc1cccnc1)c1ccc2c(c1)CCO2. The molecule has 1 aromatic heterocycles. The summed E-state index contributed by atoms with van der Waals surface area (Å²) in [6.45, 7) is 0.755. The molecule has 3 rings (SSSR count). The number of benzene rings is 1. The van der Waals surface area contributed by atoms with Crippen LogP contribution >= 0.6 is 0 Å². The lowest BCUT2D eigenvalue weighted by atomic mass is 9.99. The van der Waals surface area contributed by atoms with Crippen LogP contribution in [0.25, 0.3) is 0 Å². The van der Waals surface area contributed by atoms with Gasteiger partial charge in [-0.2, -0.15) is 0 Å². The second-order valence-corrected chi connectivity index (χ2v) is 4.88. The van der Waals surface area contributed by atoms with Crippen molar-refractivity contribution in [2.45, 2.75) is 25.4 Å². The lowest BCUT2D eigenvalue weighted by Crippen LogP contribution is -2.00. The maximum atomic E-state index is 10.3. The van der Waals surface area contributed by atoms with Crippen LogP contribution in [0.15, 0.2) is 42.7 Å². The van der Waals surface area contributed by atoms with E-state index in [1.165, 1.54) is 5.56 Å². The quantitative estimate of drug-likeness (QED) is 0.913. The lowest BCUT2D eigenvalue weighted by molar-refractivity contribution is 0.167. The first-order valence-electron chi connectivity index (χ1n) is 6.65. The molecule has 0 saturated heterocycles. The predicted molar refractivity (Wildman–Crippen MR) is 73.2 cm³/mol. The Kier molecular flexibility index (Phi) is 3.47. The van der Waals surface area contributed by atoms with Crippen molar-refractivity contribution in [3.05, 3.63) is 59.4 Å². The van der Waals surface area contributed by atoms with Gasteiger partial charge in [0.15, 0.2) is 0 Å². The minimum absolute atomic E-state index is 0.425. The molecule has 0 aliphatic carbocycles. The summed E-state index contributed by atoms with van der Waals surface area (Å²) in [5.74, 6) is 0.961. The number of pyridine rings is 1. The number of rotatable bonds is 4. The van der Waals surface area contributed by atoms with Gasteiger partial charge < -0.3 is 9.84 Å². The molecular formula is C16H17NO2. The molecule has 0 fully saturated rings. The number of aliphatic hydroxyl groups is 1. The fraction of sp³-hybridized carbons (Fsp3) is 0.312. The van der Waals surface area contributed by atoms with Gasteiger partial charge in [-0.3, -0.25) is 4.98 Å². The zero-order chi connectivity index (χ0) is 13.1. The topological polar surface area (TPSA) is 42.4 Å². The second-order valence-electron chi connectivity index (χ2n) is 4.88. The van der Waals surface area contributed by atoms with E-state index in [9.17, 15) is 5.11 Å². The average molecular weight is 255 g/mol. The molecular weight excluding hydrogens is 238 g/mol. The van der Waals surface area contributed by atoms with Crippen LogP contribution in [0.4, 0.5) is 0 Å². The van der Waals surface area contributed by atoms with Crippen molar-refractivity contribution >= 4 is 0 Å². The molecule has 1 aliphatic rings. The smallest absolute Gasteiger partial charge is 0.122 e. The zero-order valence-electron chi connectivity index (χ0n) is 10.7. The fourth-order valence-electron chi connectivity index (χ4n) is 2.43. The van der Waals surface area contributed by atoms with E-state index in [-0.39, 0.29) is 0 Å². The highest BCUT2D eigenvalue weighted by atomic mass is 16.5. The maximum Gasteiger partial charge on any atom is 0.122 e. The predicted octanol–water partition coefficient (Wildman–Crippen LogP) is 2.68. The third-order valence-corrected chi connectivity index (χ3v) is 3.53. The molecule has 2 heterocycles. The normalized spacial score (nSPS) is 14.8. The van der Waals surface area contributed by atoms with Crippen molar-refractivity contribution < 1.29 is 9.84 Å². The summed E-state index contributed by atoms with van der Waals surface area (Å²) < 4.78 is 5.47. The van der Waals surface area contributed by atoms with E-state index < -0.39 is 6.10 Å². The van der Waals surface area contributed by atoms with Gasteiger partial charge in [0, 0.05) is 18.8 Å². The van der Waals surface area contributed by atoms with Gasteiger partial charge in [0.2, 0.25) is 0 Å². The molecule has 0 amide bonds. The van der Waals surface area contributed by atoms with Crippen LogP contribution in [0.5, 0.6) is 5.75 Å².